The molecule has 0 aliphatic heterocycles. The number of hydrogen-bond acceptors (Lipinski definition) is 3. The van der Waals surface area contributed by atoms with Gasteiger partial charge in [-0.2, -0.15) is 0 Å². The van der Waals surface area contributed by atoms with Crippen molar-refractivity contribution in [1.82, 2.24) is 0 Å². The zero-order valence-corrected chi connectivity index (χ0v) is 7.30. The van der Waals surface area contributed by atoms with E-state index in [9.17, 15) is 10.1 Å². The first-order valence-corrected chi connectivity index (χ1v) is 3.96. The Morgan fingerprint density at radius 3 is 2.85 bits per heavy atom. The second-order valence-corrected chi connectivity index (χ2v) is 2.96. The Hall–Kier alpha value is -1.42. The Kier molecular flexibility index (Phi) is 2.97. The largest absolute Gasteiger partial charge is 0.333 e. The highest BCUT2D eigenvalue weighted by molar-refractivity contribution is 5.22. The van der Waals surface area contributed by atoms with Crippen LogP contribution in [0.25, 0.3) is 0 Å². The van der Waals surface area contributed by atoms with Crippen molar-refractivity contribution in [2.45, 2.75) is 19.6 Å². The minimum atomic E-state index is -1.50. The van der Waals surface area contributed by atoms with Crippen LogP contribution in [0.2, 0.25) is 0 Å². The van der Waals surface area contributed by atoms with Crippen LogP contribution in [-0.4, -0.2) is 16.3 Å². The van der Waals surface area contributed by atoms with Crippen molar-refractivity contribution in [1.29, 1.82) is 0 Å². The van der Waals surface area contributed by atoms with Crippen LogP contribution < -0.4 is 0 Å². The van der Waals surface area contributed by atoms with Crippen molar-refractivity contribution in [3.63, 3.8) is 0 Å². The summed E-state index contributed by atoms with van der Waals surface area (Å²) in [5, 5.41) is 19.1. The summed E-state index contributed by atoms with van der Waals surface area (Å²) in [5.41, 5.74) is 1.82. The van der Waals surface area contributed by atoms with Crippen LogP contribution in [0, 0.1) is 17.0 Å². The van der Waals surface area contributed by atoms with Crippen LogP contribution in [0.4, 0.5) is 0 Å². The number of benzene rings is 1. The predicted molar refractivity (Wildman–Crippen MR) is 47.9 cm³/mol. The summed E-state index contributed by atoms with van der Waals surface area (Å²) in [7, 11) is 0. The molecule has 0 saturated carbocycles. The lowest BCUT2D eigenvalue weighted by Crippen LogP contribution is -2.21. The predicted octanol–water partition coefficient (Wildman–Crippen LogP) is 1.13. The molecule has 0 radical (unpaired) electrons. The Labute approximate surface area is 76.0 Å². The molecular formula is C9H11NO3. The van der Waals surface area contributed by atoms with Crippen molar-refractivity contribution >= 4 is 0 Å². The molecule has 0 saturated heterocycles. The lowest BCUT2D eigenvalue weighted by molar-refractivity contribution is -0.569. The third kappa shape index (κ3) is 2.83. The van der Waals surface area contributed by atoms with Crippen molar-refractivity contribution < 1.29 is 10.0 Å². The number of aliphatic hydroxyl groups excluding tert-OH is 1. The normalized spacial score (nSPS) is 12.5. The fraction of sp³-hybridized carbons (Fsp3) is 0.333. The molecule has 0 fully saturated rings. The summed E-state index contributed by atoms with van der Waals surface area (Å²) in [4.78, 5) is 9.45. The average molecular weight is 181 g/mol. The fourth-order valence-corrected chi connectivity index (χ4v) is 1.12. The first-order chi connectivity index (χ1) is 6.09. The van der Waals surface area contributed by atoms with Crippen molar-refractivity contribution in [2.75, 3.05) is 0 Å². The van der Waals surface area contributed by atoms with Gasteiger partial charge >= 0.3 is 6.23 Å². The molecule has 4 nitrogen and oxygen atoms in total. The van der Waals surface area contributed by atoms with Crippen LogP contribution >= 0.6 is 0 Å². The highest BCUT2D eigenvalue weighted by Crippen LogP contribution is 2.06. The fourth-order valence-electron chi connectivity index (χ4n) is 1.12. The molecule has 1 unspecified atom stereocenters. The van der Waals surface area contributed by atoms with E-state index in [4.69, 9.17) is 5.11 Å². The van der Waals surface area contributed by atoms with E-state index in [1.54, 1.807) is 6.07 Å². The van der Waals surface area contributed by atoms with Gasteiger partial charge in [-0.25, -0.2) is 0 Å². The van der Waals surface area contributed by atoms with Gasteiger partial charge in [-0.05, 0) is 12.5 Å². The monoisotopic (exact) mass is 181 g/mol. The van der Waals surface area contributed by atoms with Gasteiger partial charge in [0.2, 0.25) is 0 Å². The standard InChI is InChI=1S/C9H11NO3/c1-7-3-2-4-8(5-7)6-9(11)10(12)13/h2-5,9,11H,6H2,1H3. The lowest BCUT2D eigenvalue weighted by atomic mass is 10.1. The first kappa shape index (κ1) is 9.67. The van der Waals surface area contributed by atoms with Gasteiger partial charge in [0.25, 0.3) is 0 Å². The second-order valence-electron chi connectivity index (χ2n) is 2.96. The van der Waals surface area contributed by atoms with Gasteiger partial charge in [0.1, 0.15) is 0 Å². The van der Waals surface area contributed by atoms with Crippen LogP contribution in [0.1, 0.15) is 11.1 Å². The van der Waals surface area contributed by atoms with Gasteiger partial charge in [-0.1, -0.05) is 29.8 Å². The molecule has 0 spiro atoms. The number of aryl methyl sites for hydroxylation is 1. The summed E-state index contributed by atoms with van der Waals surface area (Å²) in [6.07, 6.45) is -1.43. The molecule has 13 heavy (non-hydrogen) atoms. The van der Waals surface area contributed by atoms with E-state index in [0.717, 1.165) is 11.1 Å². The van der Waals surface area contributed by atoms with Crippen molar-refractivity contribution in [3.05, 3.63) is 45.5 Å². The van der Waals surface area contributed by atoms with Gasteiger partial charge < -0.3 is 5.11 Å². The Bertz CT molecular complexity index is 311. The van der Waals surface area contributed by atoms with E-state index in [1.165, 1.54) is 0 Å². The molecule has 0 aromatic heterocycles. The maximum absolute atomic E-state index is 10.1. The molecule has 0 bridgehead atoms. The smallest absolute Gasteiger partial charge is 0.317 e. The highest BCUT2D eigenvalue weighted by atomic mass is 16.7. The molecule has 1 atom stereocenters. The molecule has 0 aliphatic rings. The van der Waals surface area contributed by atoms with E-state index in [2.05, 4.69) is 0 Å². The number of hydrogen-bond donors (Lipinski definition) is 1. The second kappa shape index (κ2) is 4.00. The van der Waals surface area contributed by atoms with Crippen LogP contribution in [0.3, 0.4) is 0 Å². The summed E-state index contributed by atoms with van der Waals surface area (Å²) in [6, 6.07) is 7.31. The van der Waals surface area contributed by atoms with Gasteiger partial charge in [0, 0.05) is 0 Å². The minimum absolute atomic E-state index is 0.0642. The number of rotatable bonds is 3. The number of nitrogens with zero attached hydrogens (tertiary/aromatic N) is 1. The van der Waals surface area contributed by atoms with E-state index in [0.29, 0.717) is 0 Å². The van der Waals surface area contributed by atoms with Crippen LogP contribution in [0.5, 0.6) is 0 Å². The Morgan fingerprint density at radius 1 is 1.62 bits per heavy atom. The molecule has 1 rings (SSSR count). The molecule has 0 amide bonds. The van der Waals surface area contributed by atoms with Gasteiger partial charge in [0.15, 0.2) is 0 Å². The quantitative estimate of drug-likeness (QED) is 0.432. The summed E-state index contributed by atoms with van der Waals surface area (Å²) in [5.74, 6) is 0. The third-order valence-corrected chi connectivity index (χ3v) is 1.74. The van der Waals surface area contributed by atoms with Gasteiger partial charge in [-0.15, -0.1) is 0 Å². The molecule has 0 aliphatic carbocycles. The first-order valence-electron chi connectivity index (χ1n) is 3.96. The van der Waals surface area contributed by atoms with Crippen molar-refractivity contribution in [2.24, 2.45) is 0 Å². The van der Waals surface area contributed by atoms with E-state index >= 15 is 0 Å². The molecule has 70 valence electrons. The maximum Gasteiger partial charge on any atom is 0.317 e. The molecule has 1 aromatic rings. The summed E-state index contributed by atoms with van der Waals surface area (Å²) >= 11 is 0. The van der Waals surface area contributed by atoms with Crippen molar-refractivity contribution in [3.8, 4) is 0 Å². The average Bonchev–Trinajstić information content (AvgIpc) is 2.04. The van der Waals surface area contributed by atoms with E-state index in [-0.39, 0.29) is 6.42 Å². The van der Waals surface area contributed by atoms with Crippen LogP contribution in [0.15, 0.2) is 24.3 Å². The SMILES string of the molecule is Cc1cccc(CC(O)[N+](=O)[O-])c1. The Balaban J connectivity index is 2.69. The maximum atomic E-state index is 10.1. The highest BCUT2D eigenvalue weighted by Gasteiger charge is 2.15. The lowest BCUT2D eigenvalue weighted by Gasteiger charge is -2.03. The third-order valence-electron chi connectivity index (χ3n) is 1.74. The minimum Gasteiger partial charge on any atom is -0.333 e. The van der Waals surface area contributed by atoms with E-state index in [1.807, 2.05) is 25.1 Å². The Morgan fingerprint density at radius 2 is 2.31 bits per heavy atom. The molecular weight excluding hydrogens is 170 g/mol. The molecule has 4 heteroatoms. The van der Waals surface area contributed by atoms with E-state index < -0.39 is 11.2 Å². The van der Waals surface area contributed by atoms with Crippen LogP contribution in [-0.2, 0) is 6.42 Å². The van der Waals surface area contributed by atoms with Gasteiger partial charge in [-0.3, -0.25) is 10.1 Å². The number of nitro groups is 1. The topological polar surface area (TPSA) is 63.4 Å². The molecule has 1 aromatic carbocycles. The number of aliphatic hydroxyl groups is 1. The molecule has 1 N–H and O–H groups in total. The molecule has 0 heterocycles. The van der Waals surface area contributed by atoms with Gasteiger partial charge in [0.05, 0.1) is 11.3 Å². The zero-order valence-electron chi connectivity index (χ0n) is 7.30. The zero-order chi connectivity index (χ0) is 9.84. The summed E-state index contributed by atoms with van der Waals surface area (Å²) < 4.78 is 0. The summed E-state index contributed by atoms with van der Waals surface area (Å²) in [6.45, 7) is 1.90.